The summed E-state index contributed by atoms with van der Waals surface area (Å²) in [4.78, 5) is 41.4. The van der Waals surface area contributed by atoms with Crippen molar-refractivity contribution in [1.82, 2.24) is 19.5 Å². The van der Waals surface area contributed by atoms with Crippen LogP contribution < -0.4 is 10.9 Å². The standard InChI is InChI=1S/C26H20N6O4S/c1-30-13-12-27-26(30)37-23-11-10-17(14-22(23)32(35)36)15-28-29-24(33)16-31-20-8-4-2-6-18(20)25(34)19-7-3-5-9-21(19)31/h2-15H,16H2,1H3,(H,29,33). The molecule has 1 N–H and O–H groups in total. The fourth-order valence-corrected chi connectivity index (χ4v) is 4.89. The first kappa shape index (κ1) is 23.9. The van der Waals surface area contributed by atoms with E-state index in [1.54, 1.807) is 70.1 Å². The molecule has 0 aliphatic rings. The third-order valence-electron chi connectivity index (χ3n) is 5.74. The Kier molecular flexibility index (Phi) is 6.52. The van der Waals surface area contributed by atoms with Crippen molar-refractivity contribution in [2.24, 2.45) is 12.1 Å². The van der Waals surface area contributed by atoms with E-state index in [1.165, 1.54) is 24.0 Å². The largest absolute Gasteiger partial charge is 0.331 e. The minimum absolute atomic E-state index is 0.0714. The number of hydrazone groups is 1. The van der Waals surface area contributed by atoms with E-state index in [0.717, 1.165) is 0 Å². The summed E-state index contributed by atoms with van der Waals surface area (Å²) in [5, 5.41) is 17.3. The number of nitrogens with one attached hydrogen (secondary N) is 1. The van der Waals surface area contributed by atoms with Gasteiger partial charge in [-0.3, -0.25) is 19.7 Å². The molecule has 0 spiro atoms. The summed E-state index contributed by atoms with van der Waals surface area (Å²) < 4.78 is 3.54. The Hall–Kier alpha value is -4.77. The van der Waals surface area contributed by atoms with Gasteiger partial charge in [-0.2, -0.15) is 5.10 Å². The molecule has 1 amide bonds. The highest BCUT2D eigenvalue weighted by Crippen LogP contribution is 2.34. The van der Waals surface area contributed by atoms with Crippen LogP contribution in [-0.2, 0) is 18.4 Å². The van der Waals surface area contributed by atoms with E-state index in [0.29, 0.717) is 37.4 Å². The molecule has 37 heavy (non-hydrogen) atoms. The van der Waals surface area contributed by atoms with Crippen molar-refractivity contribution in [3.05, 3.63) is 105 Å². The molecular weight excluding hydrogens is 492 g/mol. The average Bonchev–Trinajstić information content (AvgIpc) is 3.31. The highest BCUT2D eigenvalue weighted by atomic mass is 32.2. The van der Waals surface area contributed by atoms with Crippen LogP contribution in [0.3, 0.4) is 0 Å². The molecule has 2 heterocycles. The fourth-order valence-electron chi connectivity index (χ4n) is 4.00. The zero-order chi connectivity index (χ0) is 25.9. The number of benzene rings is 3. The zero-order valence-corrected chi connectivity index (χ0v) is 20.4. The summed E-state index contributed by atoms with van der Waals surface area (Å²) >= 11 is 1.19. The van der Waals surface area contributed by atoms with Gasteiger partial charge in [0.2, 0.25) is 0 Å². The van der Waals surface area contributed by atoms with Gasteiger partial charge in [0.1, 0.15) is 6.54 Å². The number of aromatic nitrogens is 3. The predicted molar refractivity (Wildman–Crippen MR) is 142 cm³/mol. The highest BCUT2D eigenvalue weighted by molar-refractivity contribution is 7.99. The maximum atomic E-state index is 12.9. The molecule has 0 radical (unpaired) electrons. The molecule has 11 heteroatoms. The third kappa shape index (κ3) is 4.84. The third-order valence-corrected chi connectivity index (χ3v) is 6.88. The summed E-state index contributed by atoms with van der Waals surface area (Å²) in [5.41, 5.74) is 4.03. The quantitative estimate of drug-likeness (QED) is 0.152. The normalized spacial score (nSPS) is 11.4. The number of carbonyl (C=O) groups excluding carboxylic acids is 1. The van der Waals surface area contributed by atoms with Crippen molar-refractivity contribution >= 4 is 51.4 Å². The van der Waals surface area contributed by atoms with E-state index >= 15 is 0 Å². The molecule has 5 aromatic rings. The lowest BCUT2D eigenvalue weighted by Gasteiger charge is -2.14. The Morgan fingerprint density at radius 1 is 1.11 bits per heavy atom. The first-order valence-corrected chi connectivity index (χ1v) is 12.0. The number of nitrogens with zero attached hydrogens (tertiary/aromatic N) is 5. The van der Waals surface area contributed by atoms with Crippen LogP contribution >= 0.6 is 11.8 Å². The Morgan fingerprint density at radius 3 is 2.41 bits per heavy atom. The van der Waals surface area contributed by atoms with Gasteiger partial charge in [0.15, 0.2) is 10.6 Å². The molecule has 0 aliphatic heterocycles. The number of hydrogen-bond acceptors (Lipinski definition) is 7. The number of para-hydroxylation sites is 2. The van der Waals surface area contributed by atoms with Gasteiger partial charge in [-0.05, 0) is 42.1 Å². The van der Waals surface area contributed by atoms with Gasteiger partial charge in [-0.15, -0.1) is 0 Å². The zero-order valence-electron chi connectivity index (χ0n) is 19.6. The van der Waals surface area contributed by atoms with Crippen LogP contribution in [0.2, 0.25) is 0 Å². The second kappa shape index (κ2) is 10.1. The van der Waals surface area contributed by atoms with Gasteiger partial charge < -0.3 is 9.13 Å². The minimum atomic E-state index is -0.465. The van der Waals surface area contributed by atoms with Crippen LogP contribution in [0.25, 0.3) is 21.8 Å². The van der Waals surface area contributed by atoms with Crippen molar-refractivity contribution in [2.45, 2.75) is 16.6 Å². The molecule has 0 saturated heterocycles. The second-order valence-electron chi connectivity index (χ2n) is 8.15. The molecule has 0 saturated carbocycles. The number of nitro benzene ring substituents is 1. The number of amides is 1. The van der Waals surface area contributed by atoms with Crippen LogP contribution in [0, 0.1) is 10.1 Å². The molecule has 0 bridgehead atoms. The van der Waals surface area contributed by atoms with Gasteiger partial charge in [0.05, 0.1) is 27.1 Å². The number of imidazole rings is 1. The summed E-state index contributed by atoms with van der Waals surface area (Å²) in [6.45, 7) is -0.0714. The number of rotatable bonds is 7. The van der Waals surface area contributed by atoms with E-state index in [2.05, 4.69) is 15.5 Å². The molecule has 5 rings (SSSR count). The molecule has 2 aromatic heterocycles. The summed E-state index contributed by atoms with van der Waals surface area (Å²) in [6, 6.07) is 18.9. The monoisotopic (exact) mass is 512 g/mol. The maximum absolute atomic E-state index is 12.9. The summed E-state index contributed by atoms with van der Waals surface area (Å²) in [6.07, 6.45) is 4.73. The molecule has 10 nitrogen and oxygen atoms in total. The lowest BCUT2D eigenvalue weighted by Crippen LogP contribution is -2.25. The topological polar surface area (TPSA) is 124 Å². The van der Waals surface area contributed by atoms with E-state index < -0.39 is 10.8 Å². The Morgan fingerprint density at radius 2 is 1.78 bits per heavy atom. The number of aryl methyl sites for hydroxylation is 1. The Labute approximate surface area is 214 Å². The minimum Gasteiger partial charge on any atom is -0.331 e. The van der Waals surface area contributed by atoms with E-state index in [9.17, 15) is 19.7 Å². The van der Waals surface area contributed by atoms with Crippen molar-refractivity contribution in [1.29, 1.82) is 0 Å². The number of nitro groups is 1. The van der Waals surface area contributed by atoms with Crippen LogP contribution in [-0.4, -0.2) is 31.2 Å². The number of hydrogen-bond donors (Lipinski definition) is 1. The lowest BCUT2D eigenvalue weighted by molar-refractivity contribution is -0.387. The van der Waals surface area contributed by atoms with Gasteiger partial charge in [-0.25, -0.2) is 10.4 Å². The first-order chi connectivity index (χ1) is 17.9. The van der Waals surface area contributed by atoms with Gasteiger partial charge in [0, 0.05) is 41.8 Å². The Balaban J connectivity index is 1.36. The predicted octanol–water partition coefficient (Wildman–Crippen LogP) is 4.10. The highest BCUT2D eigenvalue weighted by Gasteiger charge is 2.17. The summed E-state index contributed by atoms with van der Waals surface area (Å²) in [7, 11) is 1.81. The first-order valence-electron chi connectivity index (χ1n) is 11.2. The number of fused-ring (bicyclic) bond motifs is 2. The Bertz CT molecular complexity index is 1700. The molecule has 0 unspecified atom stereocenters. The van der Waals surface area contributed by atoms with Crippen molar-refractivity contribution in [2.75, 3.05) is 0 Å². The van der Waals surface area contributed by atoms with E-state index in [1.807, 2.05) is 19.2 Å². The molecular formula is C26H20N6O4S. The van der Waals surface area contributed by atoms with Crippen molar-refractivity contribution < 1.29 is 9.72 Å². The molecule has 0 fully saturated rings. The smallest absolute Gasteiger partial charge is 0.283 e. The van der Waals surface area contributed by atoms with Gasteiger partial charge >= 0.3 is 0 Å². The van der Waals surface area contributed by atoms with E-state index in [-0.39, 0.29) is 17.7 Å². The second-order valence-corrected chi connectivity index (χ2v) is 9.16. The van der Waals surface area contributed by atoms with Crippen LogP contribution in [0.1, 0.15) is 5.56 Å². The van der Waals surface area contributed by atoms with Crippen LogP contribution in [0.15, 0.2) is 99.1 Å². The lowest BCUT2D eigenvalue weighted by atomic mass is 10.1. The molecule has 0 aliphatic carbocycles. The maximum Gasteiger partial charge on any atom is 0.283 e. The fraction of sp³-hybridized carbons (Fsp3) is 0.0769. The van der Waals surface area contributed by atoms with Crippen molar-refractivity contribution in [3.8, 4) is 0 Å². The molecule has 3 aromatic carbocycles. The molecule has 0 atom stereocenters. The SMILES string of the molecule is Cn1ccnc1Sc1ccc(C=NNC(=O)Cn2c3ccccc3c(=O)c3ccccc32)cc1[N+](=O)[O-]. The van der Waals surface area contributed by atoms with Gasteiger partial charge in [-0.1, -0.05) is 30.3 Å². The number of pyridine rings is 1. The summed E-state index contributed by atoms with van der Waals surface area (Å²) in [5.74, 6) is -0.410. The average molecular weight is 513 g/mol. The molecule has 184 valence electrons. The van der Waals surface area contributed by atoms with Gasteiger partial charge in [0.25, 0.3) is 11.6 Å². The van der Waals surface area contributed by atoms with Crippen molar-refractivity contribution in [3.63, 3.8) is 0 Å². The van der Waals surface area contributed by atoms with Crippen LogP contribution in [0.5, 0.6) is 0 Å². The number of carbonyl (C=O) groups is 1. The van der Waals surface area contributed by atoms with E-state index in [4.69, 9.17) is 0 Å². The van der Waals surface area contributed by atoms with Crippen LogP contribution in [0.4, 0.5) is 5.69 Å².